The molecule has 3 aromatic rings. The number of para-hydroxylation sites is 2. The van der Waals surface area contributed by atoms with Crippen LogP contribution in [0.25, 0.3) is 10.9 Å². The van der Waals surface area contributed by atoms with Gasteiger partial charge in [-0.1, -0.05) is 30.3 Å². The van der Waals surface area contributed by atoms with E-state index in [-0.39, 0.29) is 5.52 Å². The molecule has 0 unspecified atom stereocenters. The van der Waals surface area contributed by atoms with Gasteiger partial charge < -0.3 is 5.32 Å². The summed E-state index contributed by atoms with van der Waals surface area (Å²) in [5, 5.41) is 3.64. The molecule has 22 heavy (non-hydrogen) atoms. The second-order valence-corrected chi connectivity index (χ2v) is 5.01. The standard InChI is InChI=1S/C17H13F3N2/c1-11-10-21-16-13(8-5-9-14(16)17(18,19)20)15(11)22-12-6-3-2-4-7-12/h2-10H,1H3,(H,21,22). The molecule has 1 N–H and O–H groups in total. The molecule has 0 bridgehead atoms. The Balaban J connectivity index is 2.20. The summed E-state index contributed by atoms with van der Waals surface area (Å²) in [6.45, 7) is 1.82. The highest BCUT2D eigenvalue weighted by atomic mass is 19.4. The smallest absolute Gasteiger partial charge is 0.355 e. The van der Waals surface area contributed by atoms with Crippen molar-refractivity contribution in [3.05, 3.63) is 65.9 Å². The van der Waals surface area contributed by atoms with E-state index >= 15 is 0 Å². The van der Waals surface area contributed by atoms with E-state index in [0.717, 1.165) is 17.3 Å². The Morgan fingerprint density at radius 3 is 2.36 bits per heavy atom. The highest BCUT2D eigenvalue weighted by molar-refractivity contribution is 5.96. The number of nitrogens with zero attached hydrogens (tertiary/aromatic N) is 1. The molecule has 112 valence electrons. The highest BCUT2D eigenvalue weighted by Gasteiger charge is 2.33. The minimum Gasteiger partial charge on any atom is -0.355 e. The van der Waals surface area contributed by atoms with Crippen molar-refractivity contribution in [2.45, 2.75) is 13.1 Å². The lowest BCUT2D eigenvalue weighted by atomic mass is 10.1. The molecule has 0 fully saturated rings. The van der Waals surface area contributed by atoms with Crippen LogP contribution in [-0.2, 0) is 6.18 Å². The van der Waals surface area contributed by atoms with Crippen molar-refractivity contribution in [3.8, 4) is 0 Å². The molecule has 2 aromatic carbocycles. The van der Waals surface area contributed by atoms with Crippen molar-refractivity contribution in [2.24, 2.45) is 0 Å². The number of halogens is 3. The predicted octanol–water partition coefficient (Wildman–Crippen LogP) is 5.31. The summed E-state index contributed by atoms with van der Waals surface area (Å²) >= 11 is 0. The van der Waals surface area contributed by atoms with Crippen LogP contribution in [0.4, 0.5) is 24.5 Å². The van der Waals surface area contributed by atoms with Crippen molar-refractivity contribution < 1.29 is 13.2 Å². The van der Waals surface area contributed by atoms with Gasteiger partial charge in [0.15, 0.2) is 0 Å². The van der Waals surface area contributed by atoms with Crippen molar-refractivity contribution in [1.29, 1.82) is 0 Å². The van der Waals surface area contributed by atoms with Crippen LogP contribution in [-0.4, -0.2) is 4.98 Å². The summed E-state index contributed by atoms with van der Waals surface area (Å²) in [6, 6.07) is 13.4. The number of alkyl halides is 3. The van der Waals surface area contributed by atoms with E-state index in [4.69, 9.17) is 0 Å². The maximum atomic E-state index is 13.1. The van der Waals surface area contributed by atoms with Crippen LogP contribution >= 0.6 is 0 Å². The van der Waals surface area contributed by atoms with E-state index in [1.807, 2.05) is 37.3 Å². The summed E-state index contributed by atoms with van der Waals surface area (Å²) in [7, 11) is 0. The van der Waals surface area contributed by atoms with Crippen molar-refractivity contribution in [2.75, 3.05) is 5.32 Å². The number of nitrogens with one attached hydrogen (secondary N) is 1. The lowest BCUT2D eigenvalue weighted by Crippen LogP contribution is -2.07. The minimum atomic E-state index is -4.42. The molecule has 1 aromatic heterocycles. The number of rotatable bonds is 2. The molecular formula is C17H13F3N2. The number of aromatic nitrogens is 1. The van der Waals surface area contributed by atoms with Gasteiger partial charge in [-0.3, -0.25) is 4.98 Å². The fraction of sp³-hybridized carbons (Fsp3) is 0.118. The van der Waals surface area contributed by atoms with Gasteiger partial charge in [-0.15, -0.1) is 0 Å². The number of hydrogen-bond acceptors (Lipinski definition) is 2. The summed E-state index contributed by atoms with van der Waals surface area (Å²) < 4.78 is 39.3. The van der Waals surface area contributed by atoms with Crippen molar-refractivity contribution in [1.82, 2.24) is 4.98 Å². The second kappa shape index (κ2) is 5.33. The number of benzene rings is 2. The zero-order chi connectivity index (χ0) is 15.7. The Labute approximate surface area is 125 Å². The summed E-state index contributed by atoms with van der Waals surface area (Å²) in [4.78, 5) is 3.99. The lowest BCUT2D eigenvalue weighted by molar-refractivity contribution is -0.136. The van der Waals surface area contributed by atoms with Crippen LogP contribution in [0.5, 0.6) is 0 Å². The summed E-state index contributed by atoms with van der Waals surface area (Å²) in [5.41, 5.74) is 1.48. The van der Waals surface area contributed by atoms with Gasteiger partial charge in [0.1, 0.15) is 0 Å². The van der Waals surface area contributed by atoms with Gasteiger partial charge in [0, 0.05) is 17.3 Å². The Morgan fingerprint density at radius 2 is 1.68 bits per heavy atom. The molecule has 0 spiro atoms. The zero-order valence-corrected chi connectivity index (χ0v) is 11.8. The van der Waals surface area contributed by atoms with E-state index in [0.29, 0.717) is 11.1 Å². The van der Waals surface area contributed by atoms with E-state index in [1.54, 1.807) is 6.07 Å². The molecule has 0 amide bonds. The fourth-order valence-electron chi connectivity index (χ4n) is 2.38. The largest absolute Gasteiger partial charge is 0.418 e. The number of hydrogen-bond donors (Lipinski definition) is 1. The predicted molar refractivity (Wildman–Crippen MR) is 81.2 cm³/mol. The molecule has 0 aliphatic heterocycles. The average Bonchev–Trinajstić information content (AvgIpc) is 2.49. The average molecular weight is 302 g/mol. The minimum absolute atomic E-state index is 0.0426. The Bertz CT molecular complexity index is 811. The topological polar surface area (TPSA) is 24.9 Å². The van der Waals surface area contributed by atoms with Gasteiger partial charge in [0.05, 0.1) is 16.8 Å². The first-order valence-electron chi connectivity index (χ1n) is 6.74. The van der Waals surface area contributed by atoms with Crippen molar-refractivity contribution in [3.63, 3.8) is 0 Å². The van der Waals surface area contributed by atoms with Gasteiger partial charge in [-0.2, -0.15) is 13.2 Å². The molecule has 0 aliphatic carbocycles. The van der Waals surface area contributed by atoms with Gasteiger partial charge in [0.2, 0.25) is 0 Å². The van der Waals surface area contributed by atoms with E-state index in [1.165, 1.54) is 12.3 Å². The first-order valence-corrected chi connectivity index (χ1v) is 6.74. The van der Waals surface area contributed by atoms with E-state index in [9.17, 15) is 13.2 Å². The van der Waals surface area contributed by atoms with Crippen LogP contribution in [0.2, 0.25) is 0 Å². The third kappa shape index (κ3) is 2.62. The molecule has 3 rings (SSSR count). The molecule has 0 atom stereocenters. The highest BCUT2D eigenvalue weighted by Crippen LogP contribution is 2.37. The van der Waals surface area contributed by atoms with E-state index < -0.39 is 11.7 Å². The second-order valence-electron chi connectivity index (χ2n) is 5.01. The van der Waals surface area contributed by atoms with E-state index in [2.05, 4.69) is 10.3 Å². The SMILES string of the molecule is Cc1cnc2c(C(F)(F)F)cccc2c1Nc1ccccc1. The quantitative estimate of drug-likeness (QED) is 0.694. The Morgan fingerprint density at radius 1 is 0.955 bits per heavy atom. The van der Waals surface area contributed by atoms with Gasteiger partial charge >= 0.3 is 6.18 Å². The molecule has 5 heteroatoms. The lowest BCUT2D eigenvalue weighted by Gasteiger charge is -2.15. The van der Waals surface area contributed by atoms with Crippen LogP contribution in [0.1, 0.15) is 11.1 Å². The molecular weight excluding hydrogens is 289 g/mol. The number of aryl methyl sites for hydroxylation is 1. The van der Waals surface area contributed by atoms with Crippen LogP contribution in [0.3, 0.4) is 0 Å². The number of anilines is 2. The zero-order valence-electron chi connectivity index (χ0n) is 11.8. The number of pyridine rings is 1. The Kier molecular flexibility index (Phi) is 3.48. The molecule has 1 heterocycles. The normalized spacial score (nSPS) is 11.6. The van der Waals surface area contributed by atoms with Gasteiger partial charge in [-0.05, 0) is 30.7 Å². The first kappa shape index (κ1) is 14.4. The van der Waals surface area contributed by atoms with Crippen LogP contribution in [0.15, 0.2) is 54.7 Å². The molecule has 0 radical (unpaired) electrons. The third-order valence-electron chi connectivity index (χ3n) is 3.44. The molecule has 0 saturated heterocycles. The molecule has 0 saturated carbocycles. The first-order chi connectivity index (χ1) is 10.5. The fourth-order valence-corrected chi connectivity index (χ4v) is 2.38. The van der Waals surface area contributed by atoms with Crippen LogP contribution < -0.4 is 5.32 Å². The summed E-state index contributed by atoms with van der Waals surface area (Å²) in [5.74, 6) is 0. The summed E-state index contributed by atoms with van der Waals surface area (Å²) in [6.07, 6.45) is -2.96. The monoisotopic (exact) mass is 302 g/mol. The maximum Gasteiger partial charge on any atom is 0.418 e. The molecule has 0 aliphatic rings. The third-order valence-corrected chi connectivity index (χ3v) is 3.44. The van der Waals surface area contributed by atoms with Gasteiger partial charge in [-0.25, -0.2) is 0 Å². The van der Waals surface area contributed by atoms with Crippen LogP contribution in [0, 0.1) is 6.92 Å². The van der Waals surface area contributed by atoms with Gasteiger partial charge in [0.25, 0.3) is 0 Å². The Hall–Kier alpha value is -2.56. The van der Waals surface area contributed by atoms with Crippen molar-refractivity contribution >= 4 is 22.3 Å². The maximum absolute atomic E-state index is 13.1. The number of fused-ring (bicyclic) bond motifs is 1. The molecule has 2 nitrogen and oxygen atoms in total.